The molecule has 1 heterocycles. The van der Waals surface area contributed by atoms with Gasteiger partial charge in [0.25, 0.3) is 0 Å². The van der Waals surface area contributed by atoms with Crippen LogP contribution in [0.15, 0.2) is 64.4 Å². The normalized spacial score (nSPS) is 21.4. The molecule has 0 spiro atoms. The van der Waals surface area contributed by atoms with Gasteiger partial charge in [0, 0.05) is 12.3 Å². The molecule has 0 bridgehead atoms. The molecule has 0 saturated heterocycles. The van der Waals surface area contributed by atoms with E-state index in [0.29, 0.717) is 12.1 Å². The molecule has 3 nitrogen and oxygen atoms in total. The van der Waals surface area contributed by atoms with E-state index in [1.165, 1.54) is 11.1 Å². The van der Waals surface area contributed by atoms with Crippen molar-refractivity contribution in [3.05, 3.63) is 66.1 Å². The summed E-state index contributed by atoms with van der Waals surface area (Å²) in [6, 6.07) is 14.1. The van der Waals surface area contributed by atoms with Crippen molar-refractivity contribution < 1.29 is 9.62 Å². The topological polar surface area (TPSA) is 45.7 Å². The molecule has 1 atom stereocenters. The molecule has 2 aromatic rings. The minimum atomic E-state index is 0.237. The fraction of sp³-hybridized carbons (Fsp3) is 0.188. The second-order valence-electron chi connectivity index (χ2n) is 4.75. The van der Waals surface area contributed by atoms with E-state index in [1.807, 2.05) is 36.4 Å². The zero-order valence-electron chi connectivity index (χ0n) is 10.5. The van der Waals surface area contributed by atoms with Crippen molar-refractivity contribution in [2.45, 2.75) is 18.8 Å². The van der Waals surface area contributed by atoms with Crippen molar-refractivity contribution >= 4 is 11.3 Å². The summed E-state index contributed by atoms with van der Waals surface area (Å²) in [6.45, 7) is 0. The third-order valence-corrected chi connectivity index (χ3v) is 3.48. The van der Waals surface area contributed by atoms with Gasteiger partial charge >= 0.3 is 0 Å². The van der Waals surface area contributed by atoms with Gasteiger partial charge < -0.3 is 9.62 Å². The van der Waals surface area contributed by atoms with Crippen molar-refractivity contribution in [3.63, 3.8) is 0 Å². The highest BCUT2D eigenvalue weighted by atomic mass is 16.4. The molecule has 1 aromatic carbocycles. The number of benzene rings is 1. The van der Waals surface area contributed by atoms with Gasteiger partial charge in [0.1, 0.15) is 5.76 Å². The zero-order chi connectivity index (χ0) is 13.1. The van der Waals surface area contributed by atoms with Gasteiger partial charge in [0.2, 0.25) is 0 Å². The minimum Gasteiger partial charge on any atom is -0.469 e. The van der Waals surface area contributed by atoms with Gasteiger partial charge in [-0.2, -0.15) is 0 Å². The molecule has 96 valence electrons. The summed E-state index contributed by atoms with van der Waals surface area (Å²) in [5.74, 6) is 1.18. The van der Waals surface area contributed by atoms with Crippen LogP contribution in [-0.4, -0.2) is 10.9 Å². The Kier molecular flexibility index (Phi) is 3.19. The number of oxime groups is 1. The van der Waals surface area contributed by atoms with Crippen LogP contribution in [0.4, 0.5) is 0 Å². The van der Waals surface area contributed by atoms with E-state index in [0.717, 1.165) is 12.2 Å². The van der Waals surface area contributed by atoms with Gasteiger partial charge in [0.15, 0.2) is 0 Å². The molecule has 0 amide bonds. The Morgan fingerprint density at radius 1 is 1.05 bits per heavy atom. The zero-order valence-corrected chi connectivity index (χ0v) is 10.5. The number of furan rings is 1. The van der Waals surface area contributed by atoms with Crippen LogP contribution < -0.4 is 0 Å². The predicted octanol–water partition coefficient (Wildman–Crippen LogP) is 4.07. The van der Waals surface area contributed by atoms with Crippen LogP contribution in [0.3, 0.4) is 0 Å². The number of nitrogens with zero attached hydrogens (tertiary/aromatic N) is 1. The number of allylic oxidation sites excluding steroid dienone is 2. The Bertz CT molecular complexity index is 597. The van der Waals surface area contributed by atoms with Crippen LogP contribution >= 0.6 is 0 Å². The van der Waals surface area contributed by atoms with Crippen LogP contribution in [0.1, 0.15) is 30.1 Å². The lowest BCUT2D eigenvalue weighted by molar-refractivity contribution is 0.317. The molecule has 3 rings (SSSR count). The Balaban J connectivity index is 1.94. The molecule has 0 fully saturated rings. The van der Waals surface area contributed by atoms with Gasteiger partial charge in [-0.3, -0.25) is 0 Å². The van der Waals surface area contributed by atoms with Crippen LogP contribution in [0, 0.1) is 0 Å². The van der Waals surface area contributed by atoms with E-state index < -0.39 is 0 Å². The predicted molar refractivity (Wildman–Crippen MR) is 74.3 cm³/mol. The summed E-state index contributed by atoms with van der Waals surface area (Å²) in [5.41, 5.74) is 3.05. The first-order valence-electron chi connectivity index (χ1n) is 6.37. The van der Waals surface area contributed by atoms with Crippen LogP contribution in [0.2, 0.25) is 0 Å². The summed E-state index contributed by atoms with van der Waals surface area (Å²) in [5, 5.41) is 12.5. The molecular weight excluding hydrogens is 238 g/mol. The molecule has 1 N–H and O–H groups in total. The highest BCUT2D eigenvalue weighted by molar-refractivity contribution is 6.02. The van der Waals surface area contributed by atoms with E-state index in [4.69, 9.17) is 9.62 Å². The summed E-state index contributed by atoms with van der Waals surface area (Å²) in [7, 11) is 0. The molecule has 3 heteroatoms. The number of hydrogen-bond donors (Lipinski definition) is 1. The van der Waals surface area contributed by atoms with E-state index in [1.54, 1.807) is 6.26 Å². The lowest BCUT2D eigenvalue weighted by Gasteiger charge is -2.22. The first-order valence-corrected chi connectivity index (χ1v) is 6.37. The third-order valence-electron chi connectivity index (χ3n) is 3.48. The molecule has 0 aliphatic heterocycles. The van der Waals surface area contributed by atoms with Gasteiger partial charge in [-0.05, 0) is 35.8 Å². The molecule has 1 unspecified atom stereocenters. The number of hydrogen-bond acceptors (Lipinski definition) is 3. The monoisotopic (exact) mass is 253 g/mol. The summed E-state index contributed by atoms with van der Waals surface area (Å²) >= 11 is 0. The average Bonchev–Trinajstić information content (AvgIpc) is 3.02. The largest absolute Gasteiger partial charge is 0.469 e. The fourth-order valence-corrected chi connectivity index (χ4v) is 2.56. The lowest BCUT2D eigenvalue weighted by Crippen LogP contribution is -2.12. The van der Waals surface area contributed by atoms with Crippen molar-refractivity contribution in [3.8, 4) is 0 Å². The van der Waals surface area contributed by atoms with Crippen LogP contribution in [0.25, 0.3) is 5.57 Å². The molecule has 19 heavy (non-hydrogen) atoms. The maximum atomic E-state index is 9.08. The first kappa shape index (κ1) is 11.8. The van der Waals surface area contributed by atoms with Crippen molar-refractivity contribution in [1.82, 2.24) is 0 Å². The Morgan fingerprint density at radius 2 is 1.89 bits per heavy atom. The standard InChI is InChI=1S/C16H15NO2/c18-17-15-10-13(12-5-2-1-3-6-12)9-14(11-15)16-7-4-8-19-16/h1-8,10,14,18H,9,11H2/b17-15+. The SMILES string of the molecule is O/N=C1\C=C(c2ccccc2)CC(c2ccco2)C1. The van der Waals surface area contributed by atoms with Gasteiger partial charge in [-0.15, -0.1) is 0 Å². The maximum absolute atomic E-state index is 9.08. The molecule has 0 saturated carbocycles. The van der Waals surface area contributed by atoms with E-state index in [9.17, 15) is 0 Å². The van der Waals surface area contributed by atoms with E-state index in [-0.39, 0.29) is 5.92 Å². The first-order chi connectivity index (χ1) is 9.36. The van der Waals surface area contributed by atoms with Crippen molar-refractivity contribution in [2.75, 3.05) is 0 Å². The highest BCUT2D eigenvalue weighted by Gasteiger charge is 2.24. The fourth-order valence-electron chi connectivity index (χ4n) is 2.56. The van der Waals surface area contributed by atoms with Crippen molar-refractivity contribution in [1.29, 1.82) is 0 Å². The van der Waals surface area contributed by atoms with Gasteiger partial charge in [0.05, 0.1) is 12.0 Å². The Labute approximate surface area is 111 Å². The lowest BCUT2D eigenvalue weighted by atomic mass is 9.83. The quantitative estimate of drug-likeness (QED) is 0.647. The Morgan fingerprint density at radius 3 is 2.58 bits per heavy atom. The molecule has 1 aliphatic rings. The summed E-state index contributed by atoms with van der Waals surface area (Å²) < 4.78 is 5.49. The average molecular weight is 253 g/mol. The third kappa shape index (κ3) is 2.45. The highest BCUT2D eigenvalue weighted by Crippen LogP contribution is 2.36. The van der Waals surface area contributed by atoms with Crippen LogP contribution in [-0.2, 0) is 0 Å². The Hall–Kier alpha value is -2.29. The maximum Gasteiger partial charge on any atom is 0.107 e. The summed E-state index contributed by atoms with van der Waals surface area (Å²) in [4.78, 5) is 0. The van der Waals surface area contributed by atoms with E-state index >= 15 is 0 Å². The molecular formula is C16H15NO2. The smallest absolute Gasteiger partial charge is 0.107 e. The minimum absolute atomic E-state index is 0.237. The molecule has 1 aliphatic carbocycles. The van der Waals surface area contributed by atoms with Gasteiger partial charge in [-0.1, -0.05) is 35.5 Å². The second-order valence-corrected chi connectivity index (χ2v) is 4.75. The number of rotatable bonds is 2. The molecule has 0 radical (unpaired) electrons. The summed E-state index contributed by atoms with van der Waals surface area (Å²) in [6.07, 6.45) is 5.26. The second kappa shape index (κ2) is 5.14. The van der Waals surface area contributed by atoms with Gasteiger partial charge in [-0.25, -0.2) is 0 Å². The van der Waals surface area contributed by atoms with Crippen LogP contribution in [0.5, 0.6) is 0 Å². The van der Waals surface area contributed by atoms with Crippen molar-refractivity contribution in [2.24, 2.45) is 5.16 Å². The molecule has 1 aromatic heterocycles. The van der Waals surface area contributed by atoms with E-state index in [2.05, 4.69) is 17.3 Å².